The maximum absolute atomic E-state index is 13.6. The van der Waals surface area contributed by atoms with Crippen LogP contribution in [0.1, 0.15) is 27.2 Å². The van der Waals surface area contributed by atoms with Crippen molar-refractivity contribution >= 4 is 0 Å². The summed E-state index contributed by atoms with van der Waals surface area (Å²) in [7, 11) is 0. The molecule has 0 amide bonds. The molecule has 0 radical (unpaired) electrons. The van der Waals surface area contributed by atoms with E-state index in [1.54, 1.807) is 18.2 Å². The Morgan fingerprint density at radius 2 is 2.05 bits per heavy atom. The van der Waals surface area contributed by atoms with Crippen molar-refractivity contribution in [2.45, 2.75) is 39.4 Å². The SMILES string of the molecule is CC(=C/CO)/C=C/C1C(C(F)F)=CC2(CC1(C)C)OCCO2. The lowest BCUT2D eigenvalue weighted by atomic mass is 9.66. The van der Waals surface area contributed by atoms with Crippen molar-refractivity contribution < 1.29 is 23.4 Å². The van der Waals surface area contributed by atoms with Crippen molar-refractivity contribution in [3.63, 3.8) is 0 Å². The summed E-state index contributed by atoms with van der Waals surface area (Å²) in [5.41, 5.74) is 0.479. The molecule has 1 unspecified atom stereocenters. The van der Waals surface area contributed by atoms with Gasteiger partial charge in [-0.15, -0.1) is 0 Å². The number of alkyl halides is 2. The average Bonchev–Trinajstić information content (AvgIpc) is 2.84. The maximum Gasteiger partial charge on any atom is 0.260 e. The lowest BCUT2D eigenvalue weighted by Crippen LogP contribution is -2.43. The largest absolute Gasteiger partial charge is 0.392 e. The molecule has 1 spiro atoms. The number of aliphatic hydroxyl groups is 1. The van der Waals surface area contributed by atoms with Crippen molar-refractivity contribution in [1.82, 2.24) is 0 Å². The van der Waals surface area contributed by atoms with Gasteiger partial charge in [0.25, 0.3) is 6.43 Å². The third-order valence-electron chi connectivity index (χ3n) is 4.28. The van der Waals surface area contributed by atoms with Crippen LogP contribution in [0.3, 0.4) is 0 Å². The standard InChI is InChI=1S/C17H24F2O3/c1-12(6-7-20)4-5-14-13(15(18)19)10-17(11-16(14,2)3)21-8-9-22-17/h4-6,10,14-15,20H,7-9,11H2,1-3H3/b5-4+,12-6-. The quantitative estimate of drug-likeness (QED) is 0.638. The van der Waals surface area contributed by atoms with Gasteiger partial charge in [-0.1, -0.05) is 37.6 Å². The Morgan fingerprint density at radius 3 is 2.59 bits per heavy atom. The Kier molecular flexibility index (Phi) is 5.20. The van der Waals surface area contributed by atoms with E-state index in [0.717, 1.165) is 5.57 Å². The van der Waals surface area contributed by atoms with E-state index < -0.39 is 23.5 Å². The maximum atomic E-state index is 13.6. The molecule has 0 aromatic carbocycles. The summed E-state index contributed by atoms with van der Waals surface area (Å²) in [6, 6.07) is 0. The van der Waals surface area contributed by atoms with Crippen LogP contribution in [0.2, 0.25) is 0 Å². The van der Waals surface area contributed by atoms with Gasteiger partial charge in [-0.2, -0.15) is 0 Å². The van der Waals surface area contributed by atoms with Crippen LogP contribution in [0.15, 0.2) is 35.5 Å². The minimum absolute atomic E-state index is 0.0474. The summed E-state index contributed by atoms with van der Waals surface area (Å²) < 4.78 is 38.3. The molecule has 2 rings (SSSR count). The highest BCUT2D eigenvalue weighted by atomic mass is 19.3. The fraction of sp³-hybridized carbons (Fsp3) is 0.647. The molecule has 1 atom stereocenters. The fourth-order valence-corrected chi connectivity index (χ4v) is 3.28. The number of hydrogen-bond acceptors (Lipinski definition) is 3. The highest BCUT2D eigenvalue weighted by molar-refractivity contribution is 5.30. The van der Waals surface area contributed by atoms with Gasteiger partial charge in [0.1, 0.15) is 0 Å². The van der Waals surface area contributed by atoms with Gasteiger partial charge in [-0.05, 0) is 18.4 Å². The Bertz CT molecular complexity index is 486. The summed E-state index contributed by atoms with van der Waals surface area (Å²) in [6.45, 7) is 6.54. The van der Waals surface area contributed by atoms with Crippen LogP contribution in [0.4, 0.5) is 8.78 Å². The zero-order valence-electron chi connectivity index (χ0n) is 13.3. The molecule has 5 heteroatoms. The Morgan fingerprint density at radius 1 is 1.41 bits per heavy atom. The third-order valence-corrected chi connectivity index (χ3v) is 4.28. The second-order valence-electron chi connectivity index (χ2n) is 6.59. The number of halogens is 2. The van der Waals surface area contributed by atoms with Gasteiger partial charge in [0.15, 0.2) is 5.79 Å². The Labute approximate surface area is 130 Å². The average molecular weight is 314 g/mol. The van der Waals surface area contributed by atoms with Gasteiger partial charge >= 0.3 is 0 Å². The molecular formula is C17H24F2O3. The molecule has 22 heavy (non-hydrogen) atoms. The molecule has 124 valence electrons. The first-order valence-corrected chi connectivity index (χ1v) is 7.54. The van der Waals surface area contributed by atoms with Gasteiger partial charge < -0.3 is 14.6 Å². The predicted molar refractivity (Wildman–Crippen MR) is 80.6 cm³/mol. The summed E-state index contributed by atoms with van der Waals surface area (Å²) in [5, 5.41) is 8.88. The lowest BCUT2D eigenvalue weighted by molar-refractivity contribution is -0.151. The van der Waals surface area contributed by atoms with Gasteiger partial charge in [-0.25, -0.2) is 8.78 Å². The second kappa shape index (κ2) is 6.60. The molecule has 1 fully saturated rings. The van der Waals surface area contributed by atoms with E-state index in [2.05, 4.69) is 0 Å². The van der Waals surface area contributed by atoms with Crippen molar-refractivity contribution in [3.8, 4) is 0 Å². The topological polar surface area (TPSA) is 38.7 Å². The Balaban J connectivity index is 2.35. The van der Waals surface area contributed by atoms with Gasteiger partial charge in [0.05, 0.1) is 19.8 Å². The first kappa shape index (κ1) is 17.3. The zero-order chi connectivity index (χ0) is 16.4. The molecular weight excluding hydrogens is 290 g/mol. The number of aliphatic hydroxyl groups excluding tert-OH is 1. The van der Waals surface area contributed by atoms with E-state index in [9.17, 15) is 8.78 Å². The molecule has 1 aliphatic carbocycles. The van der Waals surface area contributed by atoms with Crippen LogP contribution in [0, 0.1) is 11.3 Å². The van der Waals surface area contributed by atoms with E-state index >= 15 is 0 Å². The molecule has 2 aliphatic rings. The zero-order valence-corrected chi connectivity index (χ0v) is 13.3. The van der Waals surface area contributed by atoms with Crippen LogP contribution < -0.4 is 0 Å². The molecule has 0 aromatic rings. The van der Waals surface area contributed by atoms with Crippen LogP contribution in [0.5, 0.6) is 0 Å². The smallest absolute Gasteiger partial charge is 0.260 e. The second-order valence-corrected chi connectivity index (χ2v) is 6.59. The monoisotopic (exact) mass is 314 g/mol. The minimum Gasteiger partial charge on any atom is -0.392 e. The number of ether oxygens (including phenoxy) is 2. The van der Waals surface area contributed by atoms with E-state index in [1.165, 1.54) is 6.08 Å². The van der Waals surface area contributed by atoms with Crippen molar-refractivity contribution in [3.05, 3.63) is 35.5 Å². The van der Waals surface area contributed by atoms with E-state index in [1.807, 2.05) is 20.8 Å². The normalized spacial score (nSPS) is 27.9. The molecule has 3 nitrogen and oxygen atoms in total. The van der Waals surface area contributed by atoms with E-state index in [4.69, 9.17) is 14.6 Å². The first-order valence-electron chi connectivity index (χ1n) is 7.54. The third kappa shape index (κ3) is 3.65. The number of hydrogen-bond donors (Lipinski definition) is 1. The minimum atomic E-state index is -2.55. The van der Waals surface area contributed by atoms with Crippen molar-refractivity contribution in [1.29, 1.82) is 0 Å². The van der Waals surface area contributed by atoms with Crippen LogP contribution in [0.25, 0.3) is 0 Å². The van der Waals surface area contributed by atoms with Gasteiger partial charge in [0, 0.05) is 17.9 Å². The summed E-state index contributed by atoms with van der Waals surface area (Å²) in [4.78, 5) is 0. The van der Waals surface area contributed by atoms with Crippen molar-refractivity contribution in [2.24, 2.45) is 11.3 Å². The lowest BCUT2D eigenvalue weighted by Gasteiger charge is -2.44. The van der Waals surface area contributed by atoms with Crippen LogP contribution in [-0.2, 0) is 9.47 Å². The number of rotatable bonds is 4. The molecule has 0 bridgehead atoms. The first-order chi connectivity index (χ1) is 10.3. The Hall–Kier alpha value is -1.04. The number of allylic oxidation sites excluding steroid dienone is 4. The molecule has 1 N–H and O–H groups in total. The van der Waals surface area contributed by atoms with Gasteiger partial charge in [-0.3, -0.25) is 0 Å². The van der Waals surface area contributed by atoms with Crippen LogP contribution >= 0.6 is 0 Å². The molecule has 1 aliphatic heterocycles. The van der Waals surface area contributed by atoms with Crippen molar-refractivity contribution in [2.75, 3.05) is 19.8 Å². The predicted octanol–water partition coefficient (Wildman–Crippen LogP) is 3.46. The molecule has 0 saturated carbocycles. The summed E-state index contributed by atoms with van der Waals surface area (Å²) in [5.74, 6) is -1.40. The van der Waals surface area contributed by atoms with E-state index in [0.29, 0.717) is 19.6 Å². The van der Waals surface area contributed by atoms with Gasteiger partial charge in [0.2, 0.25) is 0 Å². The van der Waals surface area contributed by atoms with E-state index in [-0.39, 0.29) is 12.2 Å². The van der Waals surface area contributed by atoms with Crippen LogP contribution in [-0.4, -0.2) is 37.1 Å². The highest BCUT2D eigenvalue weighted by Gasteiger charge is 2.49. The molecule has 1 saturated heterocycles. The highest BCUT2D eigenvalue weighted by Crippen LogP contribution is 2.50. The molecule has 0 aromatic heterocycles. The summed E-state index contributed by atoms with van der Waals surface area (Å²) in [6.07, 6.45) is 4.67. The summed E-state index contributed by atoms with van der Waals surface area (Å²) >= 11 is 0. The fourth-order valence-electron chi connectivity index (χ4n) is 3.28. The molecule has 1 heterocycles.